The highest BCUT2D eigenvalue weighted by Gasteiger charge is 2.21. The summed E-state index contributed by atoms with van der Waals surface area (Å²) >= 11 is 0. The molecule has 0 fully saturated rings. The first-order valence-electron chi connectivity index (χ1n) is 3.99. The van der Waals surface area contributed by atoms with Crippen molar-refractivity contribution in [3.63, 3.8) is 0 Å². The van der Waals surface area contributed by atoms with E-state index in [2.05, 4.69) is 44.9 Å². The summed E-state index contributed by atoms with van der Waals surface area (Å²) in [5.41, 5.74) is 0.137. The third-order valence-electron chi connectivity index (χ3n) is 1.15. The Morgan fingerprint density at radius 3 is 1.82 bits per heavy atom. The Labute approximate surface area is 70.1 Å². The Hall–Kier alpha value is -0.370. The standard InChI is InChI=1S/C9H20N2/c1-8(2,3)11-9(4,5)7-10-6/h7,11H,1-6H3. The first-order chi connectivity index (χ1) is 4.77. The van der Waals surface area contributed by atoms with Crippen molar-refractivity contribution in [1.82, 2.24) is 5.32 Å². The van der Waals surface area contributed by atoms with E-state index in [4.69, 9.17) is 0 Å². The summed E-state index contributed by atoms with van der Waals surface area (Å²) in [6, 6.07) is 0. The smallest absolute Gasteiger partial charge is 0.0480 e. The summed E-state index contributed by atoms with van der Waals surface area (Å²) < 4.78 is 0. The van der Waals surface area contributed by atoms with Gasteiger partial charge in [0.25, 0.3) is 0 Å². The lowest BCUT2D eigenvalue weighted by Crippen LogP contribution is -2.51. The highest BCUT2D eigenvalue weighted by atomic mass is 15.0. The molecule has 0 atom stereocenters. The van der Waals surface area contributed by atoms with E-state index in [1.807, 2.05) is 6.21 Å². The number of nitrogens with one attached hydrogen (secondary N) is 1. The lowest BCUT2D eigenvalue weighted by atomic mass is 10.0. The van der Waals surface area contributed by atoms with Crippen molar-refractivity contribution >= 4 is 6.21 Å². The van der Waals surface area contributed by atoms with Gasteiger partial charge in [-0.3, -0.25) is 4.99 Å². The van der Waals surface area contributed by atoms with Crippen LogP contribution in [0, 0.1) is 0 Å². The van der Waals surface area contributed by atoms with Crippen molar-refractivity contribution in [3.05, 3.63) is 0 Å². The molecule has 0 saturated heterocycles. The van der Waals surface area contributed by atoms with Gasteiger partial charge in [0.05, 0.1) is 0 Å². The number of rotatable bonds is 2. The van der Waals surface area contributed by atoms with Crippen LogP contribution in [0.5, 0.6) is 0 Å². The Morgan fingerprint density at radius 1 is 1.09 bits per heavy atom. The zero-order chi connectivity index (χ0) is 9.12. The van der Waals surface area contributed by atoms with Gasteiger partial charge in [-0.15, -0.1) is 0 Å². The van der Waals surface area contributed by atoms with Gasteiger partial charge in [0.1, 0.15) is 0 Å². The molecule has 0 amide bonds. The molecule has 11 heavy (non-hydrogen) atoms. The summed E-state index contributed by atoms with van der Waals surface area (Å²) in [5, 5.41) is 3.45. The van der Waals surface area contributed by atoms with E-state index < -0.39 is 0 Å². The first-order valence-corrected chi connectivity index (χ1v) is 3.99. The second-order valence-corrected chi connectivity index (χ2v) is 4.48. The van der Waals surface area contributed by atoms with Gasteiger partial charge in [0.15, 0.2) is 0 Å². The molecule has 0 saturated carbocycles. The average Bonchev–Trinajstić information content (AvgIpc) is 1.55. The second-order valence-electron chi connectivity index (χ2n) is 4.48. The van der Waals surface area contributed by atoms with Crippen LogP contribution in [0.25, 0.3) is 0 Å². The molecule has 66 valence electrons. The molecule has 0 aliphatic heterocycles. The highest BCUT2D eigenvalue weighted by Crippen LogP contribution is 2.07. The summed E-state index contributed by atoms with van der Waals surface area (Å²) in [6.07, 6.45) is 1.93. The first kappa shape index (κ1) is 10.6. The Kier molecular flexibility index (Phi) is 3.24. The topological polar surface area (TPSA) is 24.4 Å². The molecule has 0 aromatic carbocycles. The average molecular weight is 156 g/mol. The fraction of sp³-hybridized carbons (Fsp3) is 0.889. The molecule has 0 bridgehead atoms. The molecule has 1 N–H and O–H groups in total. The van der Waals surface area contributed by atoms with E-state index in [1.54, 1.807) is 7.05 Å². The van der Waals surface area contributed by atoms with Crippen molar-refractivity contribution < 1.29 is 0 Å². The van der Waals surface area contributed by atoms with Gasteiger partial charge in [0, 0.05) is 24.3 Å². The molecule has 2 nitrogen and oxygen atoms in total. The van der Waals surface area contributed by atoms with Crippen molar-refractivity contribution in [2.45, 2.75) is 45.7 Å². The molecule has 0 aliphatic carbocycles. The monoisotopic (exact) mass is 156 g/mol. The molecule has 0 spiro atoms. The minimum absolute atomic E-state index is 0.00694. The van der Waals surface area contributed by atoms with E-state index >= 15 is 0 Å². The van der Waals surface area contributed by atoms with Crippen molar-refractivity contribution in [3.8, 4) is 0 Å². The third kappa shape index (κ3) is 6.05. The number of nitrogens with zero attached hydrogens (tertiary/aromatic N) is 1. The summed E-state index contributed by atoms with van der Waals surface area (Å²) in [4.78, 5) is 4.00. The van der Waals surface area contributed by atoms with Crippen LogP contribution in [0.15, 0.2) is 4.99 Å². The van der Waals surface area contributed by atoms with E-state index in [0.29, 0.717) is 0 Å². The maximum Gasteiger partial charge on any atom is 0.0480 e. The second kappa shape index (κ2) is 3.35. The SMILES string of the molecule is CN=CC(C)(C)NC(C)(C)C. The fourth-order valence-corrected chi connectivity index (χ4v) is 1.32. The molecular formula is C9H20N2. The van der Waals surface area contributed by atoms with E-state index in [1.165, 1.54) is 0 Å². The zero-order valence-electron chi connectivity index (χ0n) is 8.52. The van der Waals surface area contributed by atoms with Crippen molar-refractivity contribution in [2.24, 2.45) is 4.99 Å². The molecule has 2 heteroatoms. The molecular weight excluding hydrogens is 136 g/mol. The Balaban J connectivity index is 4.13. The number of hydrogen-bond donors (Lipinski definition) is 1. The molecule has 0 aromatic rings. The molecule has 0 heterocycles. The summed E-state index contributed by atoms with van der Waals surface area (Å²) in [5.74, 6) is 0. The van der Waals surface area contributed by atoms with Gasteiger partial charge >= 0.3 is 0 Å². The zero-order valence-corrected chi connectivity index (χ0v) is 8.52. The van der Waals surface area contributed by atoms with Crippen LogP contribution in [0.2, 0.25) is 0 Å². The minimum atomic E-state index is -0.00694. The van der Waals surface area contributed by atoms with Gasteiger partial charge in [-0.25, -0.2) is 0 Å². The predicted molar refractivity (Wildman–Crippen MR) is 51.4 cm³/mol. The normalized spacial score (nSPS) is 14.4. The van der Waals surface area contributed by atoms with Crippen LogP contribution >= 0.6 is 0 Å². The predicted octanol–water partition coefficient (Wildman–Crippen LogP) is 1.85. The van der Waals surface area contributed by atoms with Gasteiger partial charge in [-0.1, -0.05) is 0 Å². The van der Waals surface area contributed by atoms with E-state index in [0.717, 1.165) is 0 Å². The van der Waals surface area contributed by atoms with Crippen LogP contribution in [-0.2, 0) is 0 Å². The quantitative estimate of drug-likeness (QED) is 0.606. The van der Waals surface area contributed by atoms with Crippen molar-refractivity contribution in [2.75, 3.05) is 7.05 Å². The summed E-state index contributed by atoms with van der Waals surface area (Å²) in [6.45, 7) is 10.7. The maximum atomic E-state index is 4.00. The lowest BCUT2D eigenvalue weighted by molar-refractivity contribution is 0.350. The fourth-order valence-electron chi connectivity index (χ4n) is 1.32. The lowest BCUT2D eigenvalue weighted by Gasteiger charge is -2.31. The molecule has 0 radical (unpaired) electrons. The summed E-state index contributed by atoms with van der Waals surface area (Å²) in [7, 11) is 1.80. The molecule has 0 rings (SSSR count). The highest BCUT2D eigenvalue weighted by molar-refractivity contribution is 5.68. The van der Waals surface area contributed by atoms with Crippen LogP contribution in [0.3, 0.4) is 0 Å². The Bertz CT molecular complexity index is 140. The van der Waals surface area contributed by atoms with Crippen LogP contribution in [0.4, 0.5) is 0 Å². The van der Waals surface area contributed by atoms with E-state index in [9.17, 15) is 0 Å². The van der Waals surface area contributed by atoms with Crippen LogP contribution in [-0.4, -0.2) is 24.3 Å². The molecule has 0 aromatic heterocycles. The molecule has 0 aliphatic rings. The third-order valence-corrected chi connectivity index (χ3v) is 1.15. The number of aliphatic imine (C=N–C) groups is 1. The van der Waals surface area contributed by atoms with Crippen LogP contribution in [0.1, 0.15) is 34.6 Å². The van der Waals surface area contributed by atoms with E-state index in [-0.39, 0.29) is 11.1 Å². The number of hydrogen-bond acceptors (Lipinski definition) is 2. The van der Waals surface area contributed by atoms with Crippen molar-refractivity contribution in [1.29, 1.82) is 0 Å². The van der Waals surface area contributed by atoms with Gasteiger partial charge in [-0.05, 0) is 34.6 Å². The minimum Gasteiger partial charge on any atom is -0.302 e. The van der Waals surface area contributed by atoms with Gasteiger partial charge in [0.2, 0.25) is 0 Å². The van der Waals surface area contributed by atoms with Gasteiger partial charge < -0.3 is 5.32 Å². The van der Waals surface area contributed by atoms with Gasteiger partial charge in [-0.2, -0.15) is 0 Å². The maximum absolute atomic E-state index is 4.00. The molecule has 0 unspecified atom stereocenters. The Morgan fingerprint density at radius 2 is 1.55 bits per heavy atom. The van der Waals surface area contributed by atoms with Crippen LogP contribution < -0.4 is 5.32 Å². The largest absolute Gasteiger partial charge is 0.302 e.